The molecule has 0 nitrogen and oxygen atoms in total. The normalized spacial score (nSPS) is 31.5. The Bertz CT molecular complexity index is 268. The molecule has 2 aliphatic carbocycles. The molecule has 0 spiro atoms. The minimum Gasteiger partial charge on any atom is -0.0850 e. The third-order valence-corrected chi connectivity index (χ3v) is 3.69. The molecule has 0 heteroatoms. The van der Waals surface area contributed by atoms with Gasteiger partial charge in [0, 0.05) is 11.8 Å². The standard InChI is InChI=1S/C13H20/c1-4-5-6-7-9(2)11-8-12-10(3)13(11)12/h7,11-12H,4-6,8H2,1-3H3. The van der Waals surface area contributed by atoms with E-state index < -0.39 is 0 Å². The van der Waals surface area contributed by atoms with Crippen LogP contribution in [0.4, 0.5) is 0 Å². The van der Waals surface area contributed by atoms with Gasteiger partial charge < -0.3 is 0 Å². The third-order valence-electron chi connectivity index (χ3n) is 3.69. The van der Waals surface area contributed by atoms with Crippen molar-refractivity contribution in [3.8, 4) is 0 Å². The third kappa shape index (κ3) is 1.47. The Balaban J connectivity index is 1.84. The molecule has 0 saturated heterocycles. The van der Waals surface area contributed by atoms with E-state index in [0.717, 1.165) is 11.8 Å². The van der Waals surface area contributed by atoms with Gasteiger partial charge in [-0.2, -0.15) is 0 Å². The fourth-order valence-electron chi connectivity index (χ4n) is 2.55. The molecule has 2 aliphatic rings. The van der Waals surface area contributed by atoms with Crippen LogP contribution in [0.25, 0.3) is 0 Å². The van der Waals surface area contributed by atoms with Gasteiger partial charge in [0.25, 0.3) is 0 Å². The molecule has 2 unspecified atom stereocenters. The average molecular weight is 176 g/mol. The predicted molar refractivity (Wildman–Crippen MR) is 57.6 cm³/mol. The zero-order chi connectivity index (χ0) is 9.42. The highest BCUT2D eigenvalue weighted by atomic mass is 14.5. The van der Waals surface area contributed by atoms with Gasteiger partial charge >= 0.3 is 0 Å². The van der Waals surface area contributed by atoms with Crippen LogP contribution in [-0.2, 0) is 0 Å². The van der Waals surface area contributed by atoms with Gasteiger partial charge in [-0.05, 0) is 26.7 Å². The van der Waals surface area contributed by atoms with E-state index in [2.05, 4.69) is 26.8 Å². The van der Waals surface area contributed by atoms with Crippen molar-refractivity contribution in [2.45, 2.75) is 46.5 Å². The van der Waals surface area contributed by atoms with Crippen LogP contribution in [0.5, 0.6) is 0 Å². The first kappa shape index (κ1) is 9.05. The molecule has 0 amide bonds. The van der Waals surface area contributed by atoms with Crippen LogP contribution in [0, 0.1) is 11.8 Å². The van der Waals surface area contributed by atoms with Gasteiger partial charge in [0.15, 0.2) is 0 Å². The largest absolute Gasteiger partial charge is 0.0850 e. The van der Waals surface area contributed by atoms with Gasteiger partial charge in [-0.15, -0.1) is 0 Å². The first-order valence-electron chi connectivity index (χ1n) is 5.63. The molecule has 2 atom stereocenters. The SMILES string of the molecule is CCCCC=C(C)C1CC2C(C)=C12. The van der Waals surface area contributed by atoms with Gasteiger partial charge in [-0.3, -0.25) is 0 Å². The van der Waals surface area contributed by atoms with E-state index in [0.29, 0.717) is 0 Å². The summed E-state index contributed by atoms with van der Waals surface area (Å²) < 4.78 is 0. The van der Waals surface area contributed by atoms with Crippen molar-refractivity contribution in [3.05, 3.63) is 22.8 Å². The molecule has 1 saturated carbocycles. The van der Waals surface area contributed by atoms with Crippen molar-refractivity contribution >= 4 is 0 Å². The Morgan fingerprint density at radius 1 is 1.54 bits per heavy atom. The maximum Gasteiger partial charge on any atom is 0.00249 e. The Hall–Kier alpha value is -0.520. The lowest BCUT2D eigenvalue weighted by Gasteiger charge is -2.25. The molecule has 13 heavy (non-hydrogen) atoms. The van der Waals surface area contributed by atoms with Gasteiger partial charge in [-0.1, -0.05) is 42.6 Å². The molecule has 0 radical (unpaired) electrons. The van der Waals surface area contributed by atoms with Gasteiger partial charge in [-0.25, -0.2) is 0 Å². The second kappa shape index (κ2) is 3.32. The second-order valence-electron chi connectivity index (χ2n) is 4.57. The van der Waals surface area contributed by atoms with Crippen LogP contribution in [-0.4, -0.2) is 0 Å². The summed E-state index contributed by atoms with van der Waals surface area (Å²) in [5, 5.41) is 0. The van der Waals surface area contributed by atoms with E-state index in [9.17, 15) is 0 Å². The van der Waals surface area contributed by atoms with Crippen LogP contribution in [0.2, 0.25) is 0 Å². The van der Waals surface area contributed by atoms with E-state index in [1.807, 2.05) is 0 Å². The first-order valence-corrected chi connectivity index (χ1v) is 5.63. The maximum atomic E-state index is 2.46. The topological polar surface area (TPSA) is 0 Å². The molecule has 0 heterocycles. The summed E-state index contributed by atoms with van der Waals surface area (Å²) in [5.41, 5.74) is 5.12. The molecule has 72 valence electrons. The van der Waals surface area contributed by atoms with Crippen LogP contribution in [0.1, 0.15) is 46.5 Å². The van der Waals surface area contributed by atoms with Crippen molar-refractivity contribution in [2.24, 2.45) is 11.8 Å². The zero-order valence-corrected chi connectivity index (χ0v) is 9.06. The number of rotatable bonds is 4. The summed E-state index contributed by atoms with van der Waals surface area (Å²) in [4.78, 5) is 0. The van der Waals surface area contributed by atoms with E-state index >= 15 is 0 Å². The minimum atomic E-state index is 0.863. The Kier molecular flexibility index (Phi) is 2.31. The second-order valence-corrected chi connectivity index (χ2v) is 4.57. The molecular formula is C13H20. The summed E-state index contributed by atoms with van der Waals surface area (Å²) in [7, 11) is 0. The van der Waals surface area contributed by atoms with E-state index in [-0.39, 0.29) is 0 Å². The molecule has 0 aromatic rings. The monoisotopic (exact) mass is 176 g/mol. The minimum absolute atomic E-state index is 0.863. The summed E-state index contributed by atoms with van der Waals surface area (Å²) in [6, 6.07) is 0. The smallest absolute Gasteiger partial charge is 0.00249 e. The highest BCUT2D eigenvalue weighted by molar-refractivity contribution is 5.52. The molecule has 0 bridgehead atoms. The van der Waals surface area contributed by atoms with Crippen molar-refractivity contribution in [2.75, 3.05) is 0 Å². The Labute approximate surface area is 81.7 Å². The van der Waals surface area contributed by atoms with Crippen LogP contribution >= 0.6 is 0 Å². The molecule has 1 fully saturated rings. The summed E-state index contributed by atoms with van der Waals surface area (Å²) in [6.07, 6.45) is 7.85. The average Bonchev–Trinajstić information content (AvgIpc) is 2.51. The van der Waals surface area contributed by atoms with E-state index in [4.69, 9.17) is 0 Å². The quantitative estimate of drug-likeness (QED) is 0.447. The number of fused-ring (bicyclic) bond motifs is 1. The Morgan fingerprint density at radius 2 is 2.31 bits per heavy atom. The van der Waals surface area contributed by atoms with Crippen molar-refractivity contribution in [3.63, 3.8) is 0 Å². The molecule has 2 rings (SSSR count). The highest BCUT2D eigenvalue weighted by Gasteiger charge is 2.48. The zero-order valence-electron chi connectivity index (χ0n) is 9.06. The predicted octanol–water partition coefficient (Wildman–Crippen LogP) is 4.09. The van der Waals surface area contributed by atoms with Crippen LogP contribution < -0.4 is 0 Å². The fraction of sp³-hybridized carbons (Fsp3) is 0.692. The lowest BCUT2D eigenvalue weighted by atomic mass is 9.79. The van der Waals surface area contributed by atoms with Gasteiger partial charge in [0.2, 0.25) is 0 Å². The van der Waals surface area contributed by atoms with E-state index in [1.165, 1.54) is 25.7 Å². The molecule has 0 aromatic carbocycles. The lowest BCUT2D eigenvalue weighted by molar-refractivity contribution is 0.493. The fourth-order valence-corrected chi connectivity index (χ4v) is 2.55. The summed E-state index contributed by atoms with van der Waals surface area (Å²) in [6.45, 7) is 6.88. The van der Waals surface area contributed by atoms with Crippen LogP contribution in [0.15, 0.2) is 22.8 Å². The van der Waals surface area contributed by atoms with Crippen LogP contribution in [0.3, 0.4) is 0 Å². The van der Waals surface area contributed by atoms with E-state index in [1.54, 1.807) is 16.7 Å². The maximum absolute atomic E-state index is 2.46. The number of hydrogen-bond donors (Lipinski definition) is 0. The molecule has 0 aromatic heterocycles. The number of allylic oxidation sites excluding steroid dienone is 4. The highest BCUT2D eigenvalue weighted by Crippen LogP contribution is 2.61. The first-order chi connectivity index (χ1) is 6.25. The number of hydrogen-bond acceptors (Lipinski definition) is 0. The molecular weight excluding hydrogens is 156 g/mol. The van der Waals surface area contributed by atoms with Crippen molar-refractivity contribution in [1.29, 1.82) is 0 Å². The molecule has 0 aliphatic heterocycles. The number of unbranched alkanes of at least 4 members (excludes halogenated alkanes) is 2. The van der Waals surface area contributed by atoms with Crippen molar-refractivity contribution in [1.82, 2.24) is 0 Å². The molecule has 0 N–H and O–H groups in total. The summed E-state index contributed by atoms with van der Waals surface area (Å²) in [5.74, 6) is 1.82. The van der Waals surface area contributed by atoms with Gasteiger partial charge in [0.1, 0.15) is 0 Å². The lowest BCUT2D eigenvalue weighted by Crippen LogP contribution is -2.14. The van der Waals surface area contributed by atoms with Gasteiger partial charge in [0.05, 0.1) is 0 Å². The summed E-state index contributed by atoms with van der Waals surface area (Å²) >= 11 is 0. The van der Waals surface area contributed by atoms with Crippen molar-refractivity contribution < 1.29 is 0 Å². The Morgan fingerprint density at radius 3 is 2.77 bits per heavy atom.